The van der Waals surface area contributed by atoms with Crippen molar-refractivity contribution in [3.63, 3.8) is 0 Å². The summed E-state index contributed by atoms with van der Waals surface area (Å²) in [6.45, 7) is 2.73. The van der Waals surface area contributed by atoms with Crippen LogP contribution in [-0.4, -0.2) is 27.7 Å². The molecule has 1 aromatic heterocycles. The maximum absolute atomic E-state index is 9.62. The van der Waals surface area contributed by atoms with Gasteiger partial charge in [-0.25, -0.2) is 10.8 Å². The van der Waals surface area contributed by atoms with Gasteiger partial charge in [0.1, 0.15) is 5.82 Å². The van der Waals surface area contributed by atoms with Gasteiger partial charge in [-0.15, -0.1) is 0 Å². The maximum atomic E-state index is 9.62. The van der Waals surface area contributed by atoms with Crippen LogP contribution in [0.4, 0.5) is 11.8 Å². The third-order valence-corrected chi connectivity index (χ3v) is 3.31. The molecule has 5 N–H and O–H groups in total. The molecule has 18 heavy (non-hydrogen) atoms. The van der Waals surface area contributed by atoms with E-state index >= 15 is 0 Å². The van der Waals surface area contributed by atoms with E-state index in [2.05, 4.69) is 20.7 Å². The van der Waals surface area contributed by atoms with E-state index in [0.717, 1.165) is 43.7 Å². The topological polar surface area (TPSA) is 96.1 Å². The summed E-state index contributed by atoms with van der Waals surface area (Å²) < 4.78 is 0. The van der Waals surface area contributed by atoms with Crippen LogP contribution in [0.25, 0.3) is 0 Å². The Kier molecular flexibility index (Phi) is 4.33. The number of nitrogens with one attached hydrogen (secondary N) is 2. The monoisotopic (exact) mass is 251 g/mol. The van der Waals surface area contributed by atoms with Crippen molar-refractivity contribution in [3.05, 3.63) is 11.8 Å². The first-order chi connectivity index (χ1) is 8.67. The molecule has 2 unspecified atom stereocenters. The van der Waals surface area contributed by atoms with Crippen molar-refractivity contribution in [2.45, 2.75) is 38.7 Å². The highest BCUT2D eigenvalue weighted by atomic mass is 16.3. The summed E-state index contributed by atoms with van der Waals surface area (Å²) in [5.74, 6) is 7.01. The number of aryl methyl sites for hydroxylation is 1. The van der Waals surface area contributed by atoms with Gasteiger partial charge in [0.25, 0.3) is 0 Å². The molecule has 100 valence electrons. The average Bonchev–Trinajstić information content (AvgIpc) is 2.36. The number of anilines is 2. The summed E-state index contributed by atoms with van der Waals surface area (Å²) in [6.07, 6.45) is 3.94. The summed E-state index contributed by atoms with van der Waals surface area (Å²) in [7, 11) is 0. The number of aromatic nitrogens is 2. The standard InChI is InChI=1S/C12H21N5O/c1-8-5-11(16-12(15-8)17-13)14-7-9-3-2-4-10(18)6-9/h5,9-10,18H,2-4,6-7,13H2,1H3,(H2,14,15,16,17). The molecule has 0 amide bonds. The minimum absolute atomic E-state index is 0.140. The van der Waals surface area contributed by atoms with Crippen LogP contribution in [0.2, 0.25) is 0 Å². The van der Waals surface area contributed by atoms with E-state index in [0.29, 0.717) is 11.9 Å². The highest BCUT2D eigenvalue weighted by Gasteiger charge is 2.19. The quantitative estimate of drug-likeness (QED) is 0.471. The van der Waals surface area contributed by atoms with Gasteiger partial charge in [0.05, 0.1) is 6.10 Å². The van der Waals surface area contributed by atoms with Crippen molar-refractivity contribution in [1.82, 2.24) is 9.97 Å². The summed E-state index contributed by atoms with van der Waals surface area (Å²) in [5.41, 5.74) is 3.32. The Morgan fingerprint density at radius 1 is 1.44 bits per heavy atom. The lowest BCUT2D eigenvalue weighted by Crippen LogP contribution is -2.25. The van der Waals surface area contributed by atoms with Gasteiger partial charge in [-0.05, 0) is 32.1 Å². The first-order valence-corrected chi connectivity index (χ1v) is 6.41. The molecule has 2 rings (SSSR count). The predicted molar refractivity (Wildman–Crippen MR) is 71.0 cm³/mol. The van der Waals surface area contributed by atoms with Crippen LogP contribution in [0.1, 0.15) is 31.4 Å². The van der Waals surface area contributed by atoms with Crippen LogP contribution >= 0.6 is 0 Å². The molecule has 0 spiro atoms. The van der Waals surface area contributed by atoms with Crippen molar-refractivity contribution >= 4 is 11.8 Å². The zero-order valence-electron chi connectivity index (χ0n) is 10.7. The number of aliphatic hydroxyl groups is 1. The van der Waals surface area contributed by atoms with E-state index in [-0.39, 0.29) is 6.10 Å². The van der Waals surface area contributed by atoms with Crippen LogP contribution in [0.5, 0.6) is 0 Å². The smallest absolute Gasteiger partial charge is 0.239 e. The number of nitrogens with two attached hydrogens (primary N) is 1. The lowest BCUT2D eigenvalue weighted by atomic mass is 9.87. The maximum Gasteiger partial charge on any atom is 0.239 e. The number of hydrogen-bond donors (Lipinski definition) is 4. The second-order valence-electron chi connectivity index (χ2n) is 4.93. The van der Waals surface area contributed by atoms with E-state index < -0.39 is 0 Å². The number of nitrogen functional groups attached to an aromatic ring is 1. The Balaban J connectivity index is 1.91. The van der Waals surface area contributed by atoms with E-state index in [9.17, 15) is 5.11 Å². The molecule has 6 heteroatoms. The van der Waals surface area contributed by atoms with Gasteiger partial charge in [0, 0.05) is 18.3 Å². The number of aliphatic hydroxyl groups excluding tert-OH is 1. The Bertz CT molecular complexity index is 398. The molecule has 1 aromatic rings. The molecule has 1 saturated carbocycles. The molecule has 0 radical (unpaired) electrons. The lowest BCUT2D eigenvalue weighted by molar-refractivity contribution is 0.104. The van der Waals surface area contributed by atoms with Crippen LogP contribution in [0, 0.1) is 12.8 Å². The van der Waals surface area contributed by atoms with Crippen LogP contribution < -0.4 is 16.6 Å². The number of rotatable bonds is 4. The lowest BCUT2D eigenvalue weighted by Gasteiger charge is -2.26. The van der Waals surface area contributed by atoms with Crippen LogP contribution in [0.15, 0.2) is 6.07 Å². The zero-order chi connectivity index (χ0) is 13.0. The van der Waals surface area contributed by atoms with Crippen molar-refractivity contribution in [2.24, 2.45) is 11.8 Å². The number of nitrogens with zero attached hydrogens (tertiary/aromatic N) is 2. The van der Waals surface area contributed by atoms with Gasteiger partial charge < -0.3 is 10.4 Å². The number of hydrazine groups is 1. The normalized spacial score (nSPS) is 23.7. The third kappa shape index (κ3) is 3.54. The highest BCUT2D eigenvalue weighted by molar-refractivity contribution is 5.41. The summed E-state index contributed by atoms with van der Waals surface area (Å²) in [6, 6.07) is 1.89. The second kappa shape index (κ2) is 5.97. The van der Waals surface area contributed by atoms with Crippen molar-refractivity contribution < 1.29 is 5.11 Å². The Labute approximate surface area is 107 Å². The Morgan fingerprint density at radius 2 is 2.28 bits per heavy atom. The molecular weight excluding hydrogens is 230 g/mol. The molecule has 6 nitrogen and oxygen atoms in total. The van der Waals surface area contributed by atoms with Crippen molar-refractivity contribution in [2.75, 3.05) is 17.3 Å². The van der Waals surface area contributed by atoms with Gasteiger partial charge >= 0.3 is 0 Å². The highest BCUT2D eigenvalue weighted by Crippen LogP contribution is 2.24. The molecule has 2 atom stereocenters. The SMILES string of the molecule is Cc1cc(NCC2CCCC(O)C2)nc(NN)n1. The van der Waals surface area contributed by atoms with E-state index in [4.69, 9.17) is 5.84 Å². The van der Waals surface area contributed by atoms with Crippen molar-refractivity contribution in [1.29, 1.82) is 0 Å². The first-order valence-electron chi connectivity index (χ1n) is 6.41. The van der Waals surface area contributed by atoms with Crippen LogP contribution in [0.3, 0.4) is 0 Å². The average molecular weight is 251 g/mol. The molecule has 0 aliphatic heterocycles. The number of hydrogen-bond acceptors (Lipinski definition) is 6. The fourth-order valence-electron chi connectivity index (χ4n) is 2.42. The molecule has 1 fully saturated rings. The molecular formula is C12H21N5O. The third-order valence-electron chi connectivity index (χ3n) is 3.31. The minimum Gasteiger partial charge on any atom is -0.393 e. The fraction of sp³-hybridized carbons (Fsp3) is 0.667. The van der Waals surface area contributed by atoms with Crippen LogP contribution in [-0.2, 0) is 0 Å². The second-order valence-corrected chi connectivity index (χ2v) is 4.93. The molecule has 1 heterocycles. The minimum atomic E-state index is -0.140. The molecule has 0 saturated heterocycles. The summed E-state index contributed by atoms with van der Waals surface area (Å²) in [4.78, 5) is 8.37. The largest absolute Gasteiger partial charge is 0.393 e. The summed E-state index contributed by atoms with van der Waals surface area (Å²) in [5, 5.41) is 12.9. The van der Waals surface area contributed by atoms with Gasteiger partial charge in [0.15, 0.2) is 0 Å². The van der Waals surface area contributed by atoms with E-state index in [1.165, 1.54) is 0 Å². The molecule has 1 aliphatic rings. The van der Waals surface area contributed by atoms with Gasteiger partial charge in [-0.1, -0.05) is 6.42 Å². The fourth-order valence-corrected chi connectivity index (χ4v) is 2.42. The summed E-state index contributed by atoms with van der Waals surface area (Å²) >= 11 is 0. The van der Waals surface area contributed by atoms with Gasteiger partial charge in [-0.3, -0.25) is 5.43 Å². The molecule has 0 aromatic carbocycles. The Morgan fingerprint density at radius 3 is 3.00 bits per heavy atom. The molecule has 1 aliphatic carbocycles. The predicted octanol–water partition coefficient (Wildman–Crippen LogP) is 1.03. The zero-order valence-corrected chi connectivity index (χ0v) is 10.7. The van der Waals surface area contributed by atoms with Gasteiger partial charge in [-0.2, -0.15) is 4.98 Å². The Hall–Kier alpha value is -1.40. The van der Waals surface area contributed by atoms with Gasteiger partial charge in [0.2, 0.25) is 5.95 Å². The van der Waals surface area contributed by atoms with Crippen molar-refractivity contribution in [3.8, 4) is 0 Å². The van der Waals surface area contributed by atoms with E-state index in [1.807, 2.05) is 13.0 Å². The van der Waals surface area contributed by atoms with E-state index in [1.54, 1.807) is 0 Å². The molecule has 0 bridgehead atoms. The first kappa shape index (κ1) is 13.0.